The molecule has 184 valence electrons. The number of ether oxygens (including phenoxy) is 1. The molecule has 0 radical (unpaired) electrons. The summed E-state index contributed by atoms with van der Waals surface area (Å²) in [5, 5.41) is 3.84. The summed E-state index contributed by atoms with van der Waals surface area (Å²) in [5.74, 6) is 0.930. The van der Waals surface area contributed by atoms with Crippen molar-refractivity contribution >= 4 is 16.9 Å². The number of rotatable bonds is 6. The predicted molar refractivity (Wildman–Crippen MR) is 133 cm³/mol. The van der Waals surface area contributed by atoms with Gasteiger partial charge in [-0.25, -0.2) is 15.0 Å². The van der Waals surface area contributed by atoms with Gasteiger partial charge < -0.3 is 10.1 Å². The fraction of sp³-hybridized carbons (Fsp3) is 0.500. The van der Waals surface area contributed by atoms with E-state index in [1.54, 1.807) is 35.3 Å². The molecule has 9 nitrogen and oxygen atoms in total. The second kappa shape index (κ2) is 10.6. The first kappa shape index (κ1) is 23.6. The minimum atomic E-state index is -0.307. The SMILES string of the molecule is CC1CCC(NC(=O)c2cc3cc(-c4ncccn4)cnc3n(CCN3CCOCC3)c2=O)CC1. The highest BCUT2D eigenvalue weighted by Gasteiger charge is 2.23. The Morgan fingerprint density at radius 1 is 1.06 bits per heavy atom. The van der Waals surface area contributed by atoms with E-state index in [2.05, 4.69) is 32.1 Å². The third-order valence-electron chi connectivity index (χ3n) is 7.09. The average Bonchev–Trinajstić information content (AvgIpc) is 2.90. The molecule has 1 amide bonds. The Kier molecular flexibility index (Phi) is 7.15. The molecule has 0 spiro atoms. The molecule has 2 aliphatic rings. The number of nitrogens with one attached hydrogen (secondary N) is 1. The standard InChI is InChI=1S/C26H32N6O3/c1-18-3-5-21(6-4-18)30-25(33)22-16-19-15-20(23-27-7-2-8-28-23)17-29-24(19)32(26(22)34)10-9-31-11-13-35-14-12-31/h2,7-8,15-18,21H,3-6,9-14H2,1H3,(H,30,33). The highest BCUT2D eigenvalue weighted by Crippen LogP contribution is 2.24. The Balaban J connectivity index is 1.49. The minimum Gasteiger partial charge on any atom is -0.379 e. The molecular formula is C26H32N6O3. The van der Waals surface area contributed by atoms with Crippen LogP contribution in [0.15, 0.2) is 41.6 Å². The van der Waals surface area contributed by atoms with E-state index in [0.717, 1.165) is 49.7 Å². The van der Waals surface area contributed by atoms with Crippen LogP contribution in [0.4, 0.5) is 0 Å². The Morgan fingerprint density at radius 3 is 2.54 bits per heavy atom. The first-order chi connectivity index (χ1) is 17.1. The van der Waals surface area contributed by atoms with Crippen molar-refractivity contribution in [3.05, 3.63) is 52.7 Å². The summed E-state index contributed by atoms with van der Waals surface area (Å²) in [6.45, 7) is 6.43. The zero-order chi connectivity index (χ0) is 24.2. The van der Waals surface area contributed by atoms with Gasteiger partial charge in [-0.3, -0.25) is 19.1 Å². The Morgan fingerprint density at radius 2 is 1.80 bits per heavy atom. The van der Waals surface area contributed by atoms with Gasteiger partial charge in [0.25, 0.3) is 11.5 Å². The van der Waals surface area contributed by atoms with Crippen LogP contribution in [0.1, 0.15) is 43.0 Å². The van der Waals surface area contributed by atoms with Crippen molar-refractivity contribution in [2.24, 2.45) is 5.92 Å². The number of hydrogen-bond acceptors (Lipinski definition) is 7. The zero-order valence-electron chi connectivity index (χ0n) is 20.2. The summed E-state index contributed by atoms with van der Waals surface area (Å²) in [5.41, 5.74) is 1.16. The largest absolute Gasteiger partial charge is 0.379 e. The van der Waals surface area contributed by atoms with E-state index in [1.165, 1.54) is 0 Å². The van der Waals surface area contributed by atoms with Gasteiger partial charge in [0, 0.05) is 61.8 Å². The van der Waals surface area contributed by atoms with Crippen molar-refractivity contribution in [2.75, 3.05) is 32.8 Å². The summed E-state index contributed by atoms with van der Waals surface area (Å²) >= 11 is 0. The topological polar surface area (TPSA) is 102 Å². The van der Waals surface area contributed by atoms with E-state index < -0.39 is 0 Å². The molecule has 2 fully saturated rings. The Bertz CT molecular complexity index is 1230. The van der Waals surface area contributed by atoms with Gasteiger partial charge in [0.2, 0.25) is 0 Å². The number of carbonyl (C=O) groups excluding carboxylic acids is 1. The molecule has 4 heterocycles. The number of fused-ring (bicyclic) bond motifs is 1. The Hall–Kier alpha value is -3.17. The van der Waals surface area contributed by atoms with Crippen molar-refractivity contribution in [3.8, 4) is 11.4 Å². The second-order valence-corrected chi connectivity index (χ2v) is 9.61. The summed E-state index contributed by atoms with van der Waals surface area (Å²) in [4.78, 5) is 42.3. The van der Waals surface area contributed by atoms with E-state index in [1.807, 2.05) is 6.07 Å². The molecule has 5 rings (SSSR count). The lowest BCUT2D eigenvalue weighted by Gasteiger charge is -2.27. The summed E-state index contributed by atoms with van der Waals surface area (Å²) < 4.78 is 7.08. The minimum absolute atomic E-state index is 0.109. The summed E-state index contributed by atoms with van der Waals surface area (Å²) in [7, 11) is 0. The van der Waals surface area contributed by atoms with Crippen LogP contribution in [0.5, 0.6) is 0 Å². The van der Waals surface area contributed by atoms with Gasteiger partial charge in [-0.05, 0) is 49.8 Å². The highest BCUT2D eigenvalue weighted by atomic mass is 16.5. The summed E-state index contributed by atoms with van der Waals surface area (Å²) in [6, 6.07) is 5.44. The Labute approximate surface area is 204 Å². The molecule has 1 N–H and O–H groups in total. The van der Waals surface area contributed by atoms with Crippen LogP contribution in [-0.4, -0.2) is 69.2 Å². The van der Waals surface area contributed by atoms with E-state index >= 15 is 0 Å². The van der Waals surface area contributed by atoms with Gasteiger partial charge in [0.1, 0.15) is 11.2 Å². The molecule has 1 aliphatic carbocycles. The lowest BCUT2D eigenvalue weighted by atomic mass is 9.87. The lowest BCUT2D eigenvalue weighted by Crippen LogP contribution is -2.42. The molecule has 1 aliphatic heterocycles. The van der Waals surface area contributed by atoms with Crippen LogP contribution in [0.2, 0.25) is 0 Å². The molecule has 35 heavy (non-hydrogen) atoms. The maximum Gasteiger partial charge on any atom is 0.265 e. The van der Waals surface area contributed by atoms with E-state index in [0.29, 0.717) is 43.7 Å². The molecule has 1 saturated heterocycles. The molecule has 0 aromatic carbocycles. The van der Waals surface area contributed by atoms with Crippen molar-refractivity contribution in [2.45, 2.75) is 45.2 Å². The molecule has 3 aromatic heterocycles. The highest BCUT2D eigenvalue weighted by molar-refractivity contribution is 5.97. The zero-order valence-corrected chi connectivity index (χ0v) is 20.2. The van der Waals surface area contributed by atoms with Gasteiger partial charge in [-0.1, -0.05) is 6.92 Å². The first-order valence-electron chi connectivity index (χ1n) is 12.5. The number of pyridine rings is 2. The van der Waals surface area contributed by atoms with Gasteiger partial charge in [-0.2, -0.15) is 0 Å². The third-order valence-corrected chi connectivity index (χ3v) is 7.09. The number of morpholine rings is 1. The second-order valence-electron chi connectivity index (χ2n) is 9.61. The number of carbonyl (C=O) groups is 1. The smallest absolute Gasteiger partial charge is 0.265 e. The van der Waals surface area contributed by atoms with Crippen LogP contribution in [0.25, 0.3) is 22.4 Å². The number of hydrogen-bond donors (Lipinski definition) is 1. The average molecular weight is 477 g/mol. The van der Waals surface area contributed by atoms with Crippen LogP contribution < -0.4 is 10.9 Å². The maximum absolute atomic E-state index is 13.5. The van der Waals surface area contributed by atoms with Crippen LogP contribution in [-0.2, 0) is 11.3 Å². The molecule has 1 saturated carbocycles. The predicted octanol–water partition coefficient (Wildman–Crippen LogP) is 2.49. The number of amides is 1. The van der Waals surface area contributed by atoms with Gasteiger partial charge >= 0.3 is 0 Å². The van der Waals surface area contributed by atoms with Crippen molar-refractivity contribution in [1.29, 1.82) is 0 Å². The van der Waals surface area contributed by atoms with Gasteiger partial charge in [-0.15, -0.1) is 0 Å². The van der Waals surface area contributed by atoms with Crippen LogP contribution in [0, 0.1) is 5.92 Å². The van der Waals surface area contributed by atoms with Crippen LogP contribution in [0.3, 0.4) is 0 Å². The number of nitrogens with zero attached hydrogens (tertiary/aromatic N) is 5. The fourth-order valence-corrected chi connectivity index (χ4v) is 4.94. The molecule has 0 atom stereocenters. The maximum atomic E-state index is 13.5. The van der Waals surface area contributed by atoms with E-state index in [-0.39, 0.29) is 23.1 Å². The monoisotopic (exact) mass is 476 g/mol. The van der Waals surface area contributed by atoms with Crippen LogP contribution >= 0.6 is 0 Å². The summed E-state index contributed by atoms with van der Waals surface area (Å²) in [6.07, 6.45) is 9.13. The first-order valence-corrected chi connectivity index (χ1v) is 12.5. The van der Waals surface area contributed by atoms with Crippen molar-refractivity contribution < 1.29 is 9.53 Å². The third kappa shape index (κ3) is 5.41. The van der Waals surface area contributed by atoms with Crippen molar-refractivity contribution in [3.63, 3.8) is 0 Å². The number of aromatic nitrogens is 4. The van der Waals surface area contributed by atoms with Gasteiger partial charge in [0.05, 0.1) is 13.2 Å². The quantitative estimate of drug-likeness (QED) is 0.583. The molecular weight excluding hydrogens is 444 g/mol. The van der Waals surface area contributed by atoms with E-state index in [4.69, 9.17) is 4.74 Å². The lowest BCUT2D eigenvalue weighted by molar-refractivity contribution is 0.0364. The van der Waals surface area contributed by atoms with Crippen molar-refractivity contribution in [1.82, 2.24) is 29.7 Å². The molecule has 0 bridgehead atoms. The molecule has 9 heteroatoms. The van der Waals surface area contributed by atoms with Gasteiger partial charge in [0.15, 0.2) is 5.82 Å². The van der Waals surface area contributed by atoms with E-state index in [9.17, 15) is 9.59 Å². The molecule has 3 aromatic rings. The normalized spacial score (nSPS) is 21.2. The molecule has 0 unspecified atom stereocenters. The fourth-order valence-electron chi connectivity index (χ4n) is 4.94.